The van der Waals surface area contributed by atoms with Crippen LogP contribution in [-0.2, 0) is 13.7 Å². The Morgan fingerprint density at radius 2 is 1.35 bits per heavy atom. The summed E-state index contributed by atoms with van der Waals surface area (Å²) in [6.45, 7) is 4.06. The van der Waals surface area contributed by atoms with Gasteiger partial charge in [0.05, 0.1) is 6.61 Å². The van der Waals surface area contributed by atoms with Crippen molar-refractivity contribution in [3.8, 4) is 0 Å². The fourth-order valence-corrected chi connectivity index (χ4v) is 6.81. The van der Waals surface area contributed by atoms with Crippen molar-refractivity contribution in [3.63, 3.8) is 0 Å². The fourth-order valence-electron chi connectivity index (χ4n) is 2.58. The van der Waals surface area contributed by atoms with Crippen LogP contribution in [-0.4, -0.2) is 25.6 Å². The molecule has 0 heterocycles. The third kappa shape index (κ3) is 4.91. The highest BCUT2D eigenvalue weighted by Gasteiger charge is 2.26. The average Bonchev–Trinajstić information content (AvgIpc) is 2.56. The second-order valence-corrected chi connectivity index (χ2v) is 11.4. The van der Waals surface area contributed by atoms with Crippen LogP contribution in [0.15, 0.2) is 60.7 Å². The van der Waals surface area contributed by atoms with Crippen LogP contribution < -0.4 is 10.6 Å². The van der Waals surface area contributed by atoms with Crippen LogP contribution in [0.5, 0.6) is 0 Å². The molecule has 0 N–H and O–H groups in total. The molecule has 2 aromatic carbocycles. The normalized spacial score (nSPS) is 16.4. The molecule has 0 fully saturated rings. The van der Waals surface area contributed by atoms with Crippen molar-refractivity contribution in [2.75, 3.05) is 25.6 Å². The van der Waals surface area contributed by atoms with Crippen LogP contribution in [0.4, 0.5) is 0 Å². The summed E-state index contributed by atoms with van der Waals surface area (Å²) >= 11 is 0. The lowest BCUT2D eigenvalue weighted by Crippen LogP contribution is -2.13. The fraction of sp³-hybridized carbons (Fsp3) is 0.333. The molecule has 124 valence electrons. The minimum Gasteiger partial charge on any atom is -0.326 e. The van der Waals surface area contributed by atoms with E-state index in [1.54, 1.807) is 6.66 Å². The van der Waals surface area contributed by atoms with E-state index in [1.807, 2.05) is 67.6 Å². The van der Waals surface area contributed by atoms with Crippen LogP contribution in [0, 0.1) is 0 Å². The van der Waals surface area contributed by atoms with Gasteiger partial charge in [0.2, 0.25) is 7.37 Å². The molecular weight excluding hydrogens is 326 g/mol. The zero-order valence-corrected chi connectivity index (χ0v) is 15.5. The molecule has 2 atom stereocenters. The molecule has 5 heteroatoms. The Balaban J connectivity index is 2.06. The van der Waals surface area contributed by atoms with Gasteiger partial charge in [-0.25, -0.2) is 0 Å². The molecule has 0 spiro atoms. The lowest BCUT2D eigenvalue weighted by atomic mass is 10.4. The first-order chi connectivity index (χ1) is 11.0. The summed E-state index contributed by atoms with van der Waals surface area (Å²) in [6, 6.07) is 18.9. The summed E-state index contributed by atoms with van der Waals surface area (Å²) in [6.07, 6.45) is 1.59. The Morgan fingerprint density at radius 1 is 0.826 bits per heavy atom. The van der Waals surface area contributed by atoms with Crippen molar-refractivity contribution in [3.05, 3.63) is 60.7 Å². The third-order valence-corrected chi connectivity index (χ3v) is 9.05. The van der Waals surface area contributed by atoms with Gasteiger partial charge in [-0.1, -0.05) is 48.5 Å². The van der Waals surface area contributed by atoms with Crippen molar-refractivity contribution in [2.45, 2.75) is 13.3 Å². The molecule has 0 saturated carbocycles. The smallest absolute Gasteiger partial charge is 0.232 e. The maximum absolute atomic E-state index is 13.1. The Kier molecular flexibility index (Phi) is 6.41. The molecule has 3 nitrogen and oxygen atoms in total. The lowest BCUT2D eigenvalue weighted by Gasteiger charge is -2.19. The highest BCUT2D eigenvalue weighted by Crippen LogP contribution is 2.48. The maximum atomic E-state index is 13.1. The summed E-state index contributed by atoms with van der Waals surface area (Å²) in [5, 5.41) is 1.62. The summed E-state index contributed by atoms with van der Waals surface area (Å²) in [7, 11) is -5.29. The summed E-state index contributed by atoms with van der Waals surface area (Å²) in [4.78, 5) is 0. The first-order valence-electron chi connectivity index (χ1n) is 7.89. The van der Waals surface area contributed by atoms with E-state index in [0.717, 1.165) is 10.6 Å². The zero-order chi connectivity index (χ0) is 16.8. The second-order valence-electron chi connectivity index (χ2n) is 5.66. The van der Waals surface area contributed by atoms with Crippen LogP contribution in [0.2, 0.25) is 0 Å². The first-order valence-corrected chi connectivity index (χ1v) is 12.0. The molecule has 2 unspecified atom stereocenters. The van der Waals surface area contributed by atoms with Crippen LogP contribution in [0.25, 0.3) is 0 Å². The first kappa shape index (κ1) is 18.2. The molecule has 0 aliphatic carbocycles. The molecule has 0 radical (unpaired) electrons. The quantitative estimate of drug-likeness (QED) is 0.666. The van der Waals surface area contributed by atoms with E-state index in [2.05, 4.69) is 0 Å². The van der Waals surface area contributed by atoms with Gasteiger partial charge in [0.1, 0.15) is 7.14 Å². The van der Waals surface area contributed by atoms with E-state index in [1.165, 1.54) is 0 Å². The predicted octanol–water partition coefficient (Wildman–Crippen LogP) is 4.34. The average molecular weight is 350 g/mol. The topological polar surface area (TPSA) is 43.4 Å². The Bertz CT molecular complexity index is 699. The van der Waals surface area contributed by atoms with E-state index >= 15 is 0 Å². The summed E-state index contributed by atoms with van der Waals surface area (Å²) in [5.74, 6) is 0. The number of hydrogen-bond donors (Lipinski definition) is 0. The van der Waals surface area contributed by atoms with E-state index in [-0.39, 0.29) is 0 Å². The molecule has 0 amide bonds. The molecule has 0 aromatic heterocycles. The van der Waals surface area contributed by atoms with Crippen molar-refractivity contribution >= 4 is 25.1 Å². The van der Waals surface area contributed by atoms with Gasteiger partial charge in [-0.05, 0) is 32.1 Å². The number of hydrogen-bond acceptors (Lipinski definition) is 3. The molecule has 0 bridgehead atoms. The van der Waals surface area contributed by atoms with Crippen LogP contribution in [0.1, 0.15) is 13.3 Å². The van der Waals surface area contributed by atoms with Crippen LogP contribution in [0.3, 0.4) is 0 Å². The molecular formula is C18H24O3P2. The second kappa shape index (κ2) is 8.11. The van der Waals surface area contributed by atoms with Gasteiger partial charge < -0.3 is 9.09 Å². The minimum atomic E-state index is -2.87. The zero-order valence-electron chi connectivity index (χ0n) is 13.7. The molecule has 0 saturated heterocycles. The van der Waals surface area contributed by atoms with E-state index in [0.29, 0.717) is 25.4 Å². The largest absolute Gasteiger partial charge is 0.326 e. The SMILES string of the molecule is CCOP(=O)(CCCP(C)(=O)c1ccccc1)c1ccccc1. The van der Waals surface area contributed by atoms with E-state index < -0.39 is 14.5 Å². The van der Waals surface area contributed by atoms with Gasteiger partial charge in [0, 0.05) is 22.9 Å². The number of rotatable bonds is 8. The maximum Gasteiger partial charge on any atom is 0.232 e. The highest BCUT2D eigenvalue weighted by molar-refractivity contribution is 7.71. The van der Waals surface area contributed by atoms with Crippen molar-refractivity contribution in [1.29, 1.82) is 0 Å². The van der Waals surface area contributed by atoms with Gasteiger partial charge in [-0.2, -0.15) is 0 Å². The highest BCUT2D eigenvalue weighted by atomic mass is 31.2. The van der Waals surface area contributed by atoms with Gasteiger partial charge in [-0.3, -0.25) is 4.57 Å². The summed E-state index contributed by atoms with van der Waals surface area (Å²) < 4.78 is 31.6. The van der Waals surface area contributed by atoms with Gasteiger partial charge in [0.25, 0.3) is 0 Å². The van der Waals surface area contributed by atoms with Crippen molar-refractivity contribution in [1.82, 2.24) is 0 Å². The Morgan fingerprint density at radius 3 is 1.87 bits per heavy atom. The monoisotopic (exact) mass is 350 g/mol. The standard InChI is InChI=1S/C18H24O3P2/c1-3-21-23(20,18-13-8-5-9-14-18)16-10-15-22(2,19)17-11-6-4-7-12-17/h4-9,11-14H,3,10,15-16H2,1-2H3. The minimum absolute atomic E-state index is 0.411. The number of benzene rings is 2. The van der Waals surface area contributed by atoms with E-state index in [9.17, 15) is 9.13 Å². The molecule has 23 heavy (non-hydrogen) atoms. The van der Waals surface area contributed by atoms with Gasteiger partial charge in [0.15, 0.2) is 0 Å². The lowest BCUT2D eigenvalue weighted by molar-refractivity contribution is 0.340. The summed E-state index contributed by atoms with van der Waals surface area (Å²) in [5.41, 5.74) is 0. The van der Waals surface area contributed by atoms with E-state index in [4.69, 9.17) is 4.52 Å². The molecule has 2 aromatic rings. The molecule has 0 aliphatic rings. The Hall–Kier alpha value is -1.14. The Labute approximate surface area is 138 Å². The van der Waals surface area contributed by atoms with Crippen LogP contribution >= 0.6 is 14.5 Å². The van der Waals surface area contributed by atoms with Crippen molar-refractivity contribution in [2.24, 2.45) is 0 Å². The molecule has 0 aliphatic heterocycles. The third-order valence-electron chi connectivity index (χ3n) is 3.83. The van der Waals surface area contributed by atoms with Crippen molar-refractivity contribution < 1.29 is 13.7 Å². The van der Waals surface area contributed by atoms with Gasteiger partial charge >= 0.3 is 0 Å². The molecule has 2 rings (SSSR count). The van der Waals surface area contributed by atoms with Gasteiger partial charge in [-0.15, -0.1) is 0 Å². The predicted molar refractivity (Wildman–Crippen MR) is 99.3 cm³/mol.